The molecule has 1 aromatic heterocycles. The second kappa shape index (κ2) is 8.67. The van der Waals surface area contributed by atoms with Crippen molar-refractivity contribution >= 4 is 34.1 Å². The number of halogens is 1. The number of benzene rings is 1. The zero-order valence-electron chi connectivity index (χ0n) is 15.2. The average Bonchev–Trinajstić information content (AvgIpc) is 2.99. The maximum Gasteiger partial charge on any atom is 0.224 e. The fraction of sp³-hybridized carbons (Fsp3) is 0.550. The number of carbonyl (C=O) groups is 1. The number of aromatic nitrogens is 1. The molecule has 0 radical (unpaired) electrons. The summed E-state index contributed by atoms with van der Waals surface area (Å²) in [6.07, 6.45) is 9.74. The summed E-state index contributed by atoms with van der Waals surface area (Å²) in [7, 11) is 0. The van der Waals surface area contributed by atoms with Crippen molar-refractivity contribution in [3.05, 3.63) is 34.3 Å². The Kier molecular flexibility index (Phi) is 6.30. The Morgan fingerprint density at radius 1 is 1.35 bits per heavy atom. The van der Waals surface area contributed by atoms with E-state index in [2.05, 4.69) is 10.5 Å². The van der Waals surface area contributed by atoms with E-state index < -0.39 is 0 Å². The van der Waals surface area contributed by atoms with E-state index in [0.717, 1.165) is 17.3 Å². The molecule has 0 bridgehead atoms. The van der Waals surface area contributed by atoms with Crippen LogP contribution in [0.4, 0.5) is 5.69 Å². The first-order valence-corrected chi connectivity index (χ1v) is 9.86. The molecule has 5 nitrogen and oxygen atoms in total. The van der Waals surface area contributed by atoms with Crippen LogP contribution in [0.5, 0.6) is 0 Å². The van der Waals surface area contributed by atoms with Gasteiger partial charge in [0.25, 0.3) is 0 Å². The van der Waals surface area contributed by atoms with Gasteiger partial charge in [-0.3, -0.25) is 4.79 Å². The third-order valence-corrected chi connectivity index (χ3v) is 5.59. The third kappa shape index (κ3) is 4.44. The van der Waals surface area contributed by atoms with E-state index in [9.17, 15) is 9.70 Å². The fourth-order valence-corrected chi connectivity index (χ4v) is 4.17. The van der Waals surface area contributed by atoms with E-state index in [0.29, 0.717) is 29.6 Å². The summed E-state index contributed by atoms with van der Waals surface area (Å²) in [4.78, 5) is 23.2. The SMILES string of the molecule is CC(Cn1cc(NC(=O)CCC2CCCCC2)c2c(Cl)cccc21)N=O. The van der Waals surface area contributed by atoms with Gasteiger partial charge in [0.15, 0.2) is 0 Å². The first-order chi connectivity index (χ1) is 12.6. The molecule has 1 heterocycles. The van der Waals surface area contributed by atoms with E-state index in [1.54, 1.807) is 6.92 Å². The molecule has 1 aliphatic carbocycles. The molecule has 1 unspecified atom stereocenters. The van der Waals surface area contributed by atoms with Gasteiger partial charge in [0.1, 0.15) is 6.04 Å². The second-order valence-electron chi connectivity index (χ2n) is 7.37. The minimum atomic E-state index is -0.348. The molecule has 6 heteroatoms. The molecule has 1 fully saturated rings. The number of nitrogens with one attached hydrogen (secondary N) is 1. The summed E-state index contributed by atoms with van der Waals surface area (Å²) < 4.78 is 1.93. The van der Waals surface area contributed by atoms with Gasteiger partial charge in [0, 0.05) is 24.5 Å². The van der Waals surface area contributed by atoms with Gasteiger partial charge in [0.2, 0.25) is 5.91 Å². The maximum atomic E-state index is 12.5. The van der Waals surface area contributed by atoms with Gasteiger partial charge < -0.3 is 9.88 Å². The number of nitrogens with zero attached hydrogens (tertiary/aromatic N) is 2. The van der Waals surface area contributed by atoms with Gasteiger partial charge in [0.05, 0.1) is 16.2 Å². The Hall–Kier alpha value is -1.88. The topological polar surface area (TPSA) is 63.5 Å². The number of nitroso groups, excluding NO2 is 1. The van der Waals surface area contributed by atoms with E-state index in [4.69, 9.17) is 11.6 Å². The van der Waals surface area contributed by atoms with Crippen molar-refractivity contribution in [3.8, 4) is 0 Å². The minimum Gasteiger partial charge on any atom is -0.343 e. The number of fused-ring (bicyclic) bond motifs is 1. The van der Waals surface area contributed by atoms with Gasteiger partial charge in [-0.2, -0.15) is 4.91 Å². The smallest absolute Gasteiger partial charge is 0.224 e. The molecule has 26 heavy (non-hydrogen) atoms. The lowest BCUT2D eigenvalue weighted by atomic mass is 9.86. The van der Waals surface area contributed by atoms with Gasteiger partial charge in [-0.25, -0.2) is 0 Å². The molecule has 0 aliphatic heterocycles. The van der Waals surface area contributed by atoms with Crippen LogP contribution >= 0.6 is 11.6 Å². The molecule has 1 atom stereocenters. The van der Waals surface area contributed by atoms with Crippen molar-refractivity contribution < 1.29 is 4.79 Å². The van der Waals surface area contributed by atoms with Crippen LogP contribution in [0.3, 0.4) is 0 Å². The Morgan fingerprint density at radius 2 is 2.12 bits per heavy atom. The first kappa shape index (κ1) is 18.9. The highest BCUT2D eigenvalue weighted by Crippen LogP contribution is 2.33. The molecule has 1 saturated carbocycles. The third-order valence-electron chi connectivity index (χ3n) is 5.27. The minimum absolute atomic E-state index is 0.0242. The fourth-order valence-electron chi connectivity index (χ4n) is 3.90. The van der Waals surface area contributed by atoms with Crippen LogP contribution in [0, 0.1) is 10.8 Å². The Labute approximate surface area is 159 Å². The normalized spacial score (nSPS) is 16.5. The van der Waals surface area contributed by atoms with Crippen molar-refractivity contribution in [1.82, 2.24) is 4.57 Å². The highest BCUT2D eigenvalue weighted by atomic mass is 35.5. The predicted molar refractivity (Wildman–Crippen MR) is 107 cm³/mol. The van der Waals surface area contributed by atoms with Gasteiger partial charge in [-0.05, 0) is 31.4 Å². The Bertz CT molecular complexity index is 781. The number of anilines is 1. The van der Waals surface area contributed by atoms with Crippen LogP contribution in [0.2, 0.25) is 5.02 Å². The van der Waals surface area contributed by atoms with Crippen molar-refractivity contribution in [1.29, 1.82) is 0 Å². The lowest BCUT2D eigenvalue weighted by Gasteiger charge is -2.20. The summed E-state index contributed by atoms with van der Waals surface area (Å²) in [5.74, 6) is 0.704. The highest BCUT2D eigenvalue weighted by Gasteiger charge is 2.18. The van der Waals surface area contributed by atoms with Crippen molar-refractivity contribution in [2.24, 2.45) is 11.1 Å². The monoisotopic (exact) mass is 375 g/mol. The van der Waals surface area contributed by atoms with Gasteiger partial charge in [-0.15, -0.1) is 0 Å². The lowest BCUT2D eigenvalue weighted by Crippen LogP contribution is -2.15. The standard InChI is InChI=1S/C20H26ClN3O2/c1-14(23-26)12-24-13-17(20-16(21)8-5-9-18(20)24)22-19(25)11-10-15-6-3-2-4-7-15/h5,8-9,13-15H,2-4,6-7,10-12H2,1H3,(H,22,25). The van der Waals surface area contributed by atoms with Crippen molar-refractivity contribution in [2.75, 3.05) is 5.32 Å². The summed E-state index contributed by atoms with van der Waals surface area (Å²) in [5, 5.41) is 7.51. The maximum absolute atomic E-state index is 12.5. The summed E-state index contributed by atoms with van der Waals surface area (Å²) in [6.45, 7) is 2.23. The van der Waals surface area contributed by atoms with E-state index in [1.165, 1.54) is 32.1 Å². The van der Waals surface area contributed by atoms with Crippen LogP contribution in [0.25, 0.3) is 10.9 Å². The van der Waals surface area contributed by atoms with E-state index >= 15 is 0 Å². The zero-order valence-corrected chi connectivity index (χ0v) is 16.0. The molecular formula is C20H26ClN3O2. The molecule has 3 rings (SSSR count). The molecule has 1 amide bonds. The van der Waals surface area contributed by atoms with Crippen LogP contribution in [-0.4, -0.2) is 16.5 Å². The number of amides is 1. The average molecular weight is 376 g/mol. The van der Waals surface area contributed by atoms with Crippen LogP contribution in [0.15, 0.2) is 29.6 Å². The number of hydrogen-bond donors (Lipinski definition) is 1. The molecule has 140 valence electrons. The van der Waals surface area contributed by atoms with Crippen molar-refractivity contribution in [3.63, 3.8) is 0 Å². The van der Waals surface area contributed by atoms with Crippen LogP contribution < -0.4 is 5.32 Å². The zero-order chi connectivity index (χ0) is 18.5. The molecular weight excluding hydrogens is 350 g/mol. The van der Waals surface area contributed by atoms with Crippen LogP contribution in [0.1, 0.15) is 51.9 Å². The van der Waals surface area contributed by atoms with E-state index in [1.807, 2.05) is 29.0 Å². The summed E-state index contributed by atoms with van der Waals surface area (Å²) in [6, 6.07) is 5.28. The van der Waals surface area contributed by atoms with Gasteiger partial charge in [-0.1, -0.05) is 54.9 Å². The largest absolute Gasteiger partial charge is 0.343 e. The quantitative estimate of drug-likeness (QED) is 0.626. The number of rotatable bonds is 7. The lowest BCUT2D eigenvalue weighted by molar-refractivity contribution is -0.116. The van der Waals surface area contributed by atoms with Crippen LogP contribution in [-0.2, 0) is 11.3 Å². The Morgan fingerprint density at radius 3 is 2.85 bits per heavy atom. The van der Waals surface area contributed by atoms with Gasteiger partial charge >= 0.3 is 0 Å². The van der Waals surface area contributed by atoms with Crippen molar-refractivity contribution in [2.45, 2.75) is 64.5 Å². The number of hydrogen-bond acceptors (Lipinski definition) is 3. The number of carbonyl (C=O) groups excluding carboxylic acids is 1. The summed E-state index contributed by atoms with van der Waals surface area (Å²) >= 11 is 6.38. The molecule has 1 N–H and O–H groups in total. The second-order valence-corrected chi connectivity index (χ2v) is 7.78. The predicted octanol–water partition coefficient (Wildman–Crippen LogP) is 5.75. The Balaban J connectivity index is 1.73. The molecule has 0 spiro atoms. The highest BCUT2D eigenvalue weighted by molar-refractivity contribution is 6.36. The van der Waals surface area contributed by atoms with E-state index in [-0.39, 0.29) is 11.9 Å². The molecule has 1 aromatic carbocycles. The molecule has 2 aromatic rings. The first-order valence-electron chi connectivity index (χ1n) is 9.48. The summed E-state index contributed by atoms with van der Waals surface area (Å²) in [5.41, 5.74) is 1.60. The molecule has 1 aliphatic rings. The molecule has 0 saturated heterocycles.